The van der Waals surface area contributed by atoms with Gasteiger partial charge in [-0.15, -0.1) is 0 Å². The molecule has 0 aliphatic carbocycles. The van der Waals surface area contributed by atoms with Gasteiger partial charge >= 0.3 is 0 Å². The van der Waals surface area contributed by atoms with E-state index in [1.807, 2.05) is 30.3 Å². The van der Waals surface area contributed by atoms with Crippen LogP contribution in [0.1, 0.15) is 25.1 Å². The number of anilines is 1. The summed E-state index contributed by atoms with van der Waals surface area (Å²) in [6.07, 6.45) is 0.846. The molecule has 0 aliphatic rings. The standard InChI is InChI=1S/C14H19N3O2/c1-3-12(10-18)17(13-7-5-4-6-8-13)9-14-15-11(2)16-19-14/h4-8,12,18H,3,9-10H2,1-2H3. The summed E-state index contributed by atoms with van der Waals surface area (Å²) in [7, 11) is 0. The summed E-state index contributed by atoms with van der Waals surface area (Å²) >= 11 is 0. The molecule has 0 spiro atoms. The van der Waals surface area contributed by atoms with E-state index in [2.05, 4.69) is 22.0 Å². The van der Waals surface area contributed by atoms with Crippen molar-refractivity contribution in [3.05, 3.63) is 42.0 Å². The van der Waals surface area contributed by atoms with E-state index in [9.17, 15) is 5.11 Å². The van der Waals surface area contributed by atoms with Crippen LogP contribution in [0.4, 0.5) is 5.69 Å². The Morgan fingerprint density at radius 2 is 2.05 bits per heavy atom. The summed E-state index contributed by atoms with van der Waals surface area (Å²) in [5, 5.41) is 13.3. The van der Waals surface area contributed by atoms with Crippen LogP contribution < -0.4 is 4.90 Å². The van der Waals surface area contributed by atoms with E-state index in [1.54, 1.807) is 6.92 Å². The molecule has 0 bridgehead atoms. The van der Waals surface area contributed by atoms with Gasteiger partial charge in [-0.1, -0.05) is 30.3 Å². The lowest BCUT2D eigenvalue weighted by Gasteiger charge is -2.30. The summed E-state index contributed by atoms with van der Waals surface area (Å²) in [6, 6.07) is 9.99. The first kappa shape index (κ1) is 13.5. The Morgan fingerprint density at radius 1 is 1.32 bits per heavy atom. The summed E-state index contributed by atoms with van der Waals surface area (Å²) in [5.74, 6) is 1.19. The molecule has 0 amide bonds. The van der Waals surface area contributed by atoms with Gasteiger partial charge in [0.05, 0.1) is 19.2 Å². The molecule has 5 heteroatoms. The molecular formula is C14H19N3O2. The van der Waals surface area contributed by atoms with Crippen LogP contribution in [0.2, 0.25) is 0 Å². The first-order valence-corrected chi connectivity index (χ1v) is 6.46. The monoisotopic (exact) mass is 261 g/mol. The van der Waals surface area contributed by atoms with E-state index in [4.69, 9.17) is 4.52 Å². The molecule has 19 heavy (non-hydrogen) atoms. The molecular weight excluding hydrogens is 242 g/mol. The summed E-state index contributed by atoms with van der Waals surface area (Å²) in [4.78, 5) is 6.32. The van der Waals surface area contributed by atoms with Crippen molar-refractivity contribution in [2.75, 3.05) is 11.5 Å². The molecule has 1 unspecified atom stereocenters. The van der Waals surface area contributed by atoms with Crippen molar-refractivity contribution in [3.63, 3.8) is 0 Å². The minimum absolute atomic E-state index is 0.0367. The zero-order chi connectivity index (χ0) is 13.7. The predicted octanol–water partition coefficient (Wildman–Crippen LogP) is 2.16. The average Bonchev–Trinajstić information content (AvgIpc) is 2.85. The van der Waals surface area contributed by atoms with Crippen LogP contribution in [0.15, 0.2) is 34.9 Å². The van der Waals surface area contributed by atoms with E-state index in [-0.39, 0.29) is 12.6 Å². The number of aromatic nitrogens is 2. The zero-order valence-corrected chi connectivity index (χ0v) is 11.3. The normalized spacial score (nSPS) is 12.4. The summed E-state index contributed by atoms with van der Waals surface area (Å²) in [6.45, 7) is 4.45. The van der Waals surface area contributed by atoms with E-state index in [0.717, 1.165) is 12.1 Å². The zero-order valence-electron chi connectivity index (χ0n) is 11.3. The average molecular weight is 261 g/mol. The van der Waals surface area contributed by atoms with Crippen molar-refractivity contribution < 1.29 is 9.63 Å². The molecule has 0 saturated carbocycles. The number of para-hydroxylation sites is 1. The van der Waals surface area contributed by atoms with Crippen molar-refractivity contribution in [1.29, 1.82) is 0 Å². The first-order valence-electron chi connectivity index (χ1n) is 6.46. The Hall–Kier alpha value is -1.88. The Bertz CT molecular complexity index is 494. The third-order valence-electron chi connectivity index (χ3n) is 3.09. The maximum atomic E-state index is 9.53. The second kappa shape index (κ2) is 6.33. The van der Waals surface area contributed by atoms with Crippen molar-refractivity contribution >= 4 is 5.69 Å². The Labute approximate surface area is 112 Å². The van der Waals surface area contributed by atoms with E-state index in [0.29, 0.717) is 18.3 Å². The number of aryl methyl sites for hydroxylation is 1. The fourth-order valence-electron chi connectivity index (χ4n) is 2.05. The van der Waals surface area contributed by atoms with Gasteiger partial charge in [0, 0.05) is 5.69 Å². The first-order chi connectivity index (χ1) is 9.24. The predicted molar refractivity (Wildman–Crippen MR) is 72.8 cm³/mol. The van der Waals surface area contributed by atoms with Crippen LogP contribution in [0.25, 0.3) is 0 Å². The fraction of sp³-hybridized carbons (Fsp3) is 0.429. The Balaban J connectivity index is 2.24. The number of hydrogen-bond acceptors (Lipinski definition) is 5. The highest BCUT2D eigenvalue weighted by atomic mass is 16.5. The number of nitrogens with zero attached hydrogens (tertiary/aromatic N) is 3. The van der Waals surface area contributed by atoms with E-state index < -0.39 is 0 Å². The van der Waals surface area contributed by atoms with Gasteiger partial charge in [0.2, 0.25) is 5.89 Å². The van der Waals surface area contributed by atoms with E-state index in [1.165, 1.54) is 0 Å². The number of aliphatic hydroxyl groups excluding tert-OH is 1. The number of hydrogen-bond donors (Lipinski definition) is 1. The third-order valence-corrected chi connectivity index (χ3v) is 3.09. The minimum Gasteiger partial charge on any atom is -0.394 e. The molecule has 1 heterocycles. The lowest BCUT2D eigenvalue weighted by molar-refractivity contribution is 0.251. The van der Waals surface area contributed by atoms with Crippen LogP contribution in [-0.2, 0) is 6.54 Å². The summed E-state index contributed by atoms with van der Waals surface area (Å²) in [5.41, 5.74) is 1.04. The van der Waals surface area contributed by atoms with Gasteiger partial charge in [-0.05, 0) is 25.5 Å². The van der Waals surface area contributed by atoms with Crippen molar-refractivity contribution in [3.8, 4) is 0 Å². The quantitative estimate of drug-likeness (QED) is 0.863. The van der Waals surface area contributed by atoms with Gasteiger partial charge in [-0.3, -0.25) is 0 Å². The molecule has 1 atom stereocenters. The van der Waals surface area contributed by atoms with Crippen LogP contribution in [-0.4, -0.2) is 27.9 Å². The Kier molecular flexibility index (Phi) is 4.52. The van der Waals surface area contributed by atoms with Gasteiger partial charge in [-0.2, -0.15) is 4.98 Å². The molecule has 0 saturated heterocycles. The minimum atomic E-state index is 0.0367. The maximum absolute atomic E-state index is 9.53. The lowest BCUT2D eigenvalue weighted by atomic mass is 10.1. The van der Waals surface area contributed by atoms with Gasteiger partial charge in [0.1, 0.15) is 0 Å². The van der Waals surface area contributed by atoms with Gasteiger partial charge in [-0.25, -0.2) is 0 Å². The van der Waals surface area contributed by atoms with Gasteiger partial charge < -0.3 is 14.5 Å². The third kappa shape index (κ3) is 3.32. The number of aliphatic hydroxyl groups is 1. The molecule has 0 fully saturated rings. The van der Waals surface area contributed by atoms with Crippen LogP contribution in [0.5, 0.6) is 0 Å². The van der Waals surface area contributed by atoms with Crippen LogP contribution >= 0.6 is 0 Å². The number of rotatable bonds is 6. The SMILES string of the molecule is CCC(CO)N(Cc1nc(C)no1)c1ccccc1. The highest BCUT2D eigenvalue weighted by molar-refractivity contribution is 5.47. The number of benzene rings is 1. The van der Waals surface area contributed by atoms with Gasteiger partial charge in [0.25, 0.3) is 0 Å². The fourth-order valence-corrected chi connectivity index (χ4v) is 2.05. The summed E-state index contributed by atoms with van der Waals surface area (Å²) < 4.78 is 5.17. The highest BCUT2D eigenvalue weighted by Crippen LogP contribution is 2.20. The second-order valence-electron chi connectivity index (χ2n) is 4.44. The largest absolute Gasteiger partial charge is 0.394 e. The molecule has 0 radical (unpaired) electrons. The molecule has 1 aromatic heterocycles. The smallest absolute Gasteiger partial charge is 0.246 e. The molecule has 5 nitrogen and oxygen atoms in total. The lowest BCUT2D eigenvalue weighted by Crippen LogP contribution is -2.37. The van der Waals surface area contributed by atoms with Crippen molar-refractivity contribution in [1.82, 2.24) is 10.1 Å². The molecule has 1 aromatic carbocycles. The molecule has 0 aliphatic heterocycles. The highest BCUT2D eigenvalue weighted by Gasteiger charge is 2.19. The van der Waals surface area contributed by atoms with Crippen LogP contribution in [0.3, 0.4) is 0 Å². The Morgan fingerprint density at radius 3 is 2.58 bits per heavy atom. The topological polar surface area (TPSA) is 62.4 Å². The maximum Gasteiger partial charge on any atom is 0.246 e. The molecule has 1 N–H and O–H groups in total. The molecule has 102 valence electrons. The van der Waals surface area contributed by atoms with E-state index >= 15 is 0 Å². The van der Waals surface area contributed by atoms with Crippen molar-refractivity contribution in [2.24, 2.45) is 0 Å². The molecule has 2 aromatic rings. The second-order valence-corrected chi connectivity index (χ2v) is 4.44. The van der Waals surface area contributed by atoms with Crippen molar-refractivity contribution in [2.45, 2.75) is 32.9 Å². The molecule has 2 rings (SSSR count). The van der Waals surface area contributed by atoms with Crippen LogP contribution in [0, 0.1) is 6.92 Å². The van der Waals surface area contributed by atoms with Gasteiger partial charge in [0.15, 0.2) is 5.82 Å².